The molecule has 0 aromatic carbocycles. The van der Waals surface area contributed by atoms with Crippen molar-refractivity contribution in [1.82, 2.24) is 0 Å². The molecule has 0 rings (SSSR count). The molecule has 0 amide bonds. The van der Waals surface area contributed by atoms with Crippen LogP contribution in [0.25, 0.3) is 0 Å². The zero-order chi connectivity index (χ0) is 16.2. The maximum atomic E-state index is 12.2. The van der Waals surface area contributed by atoms with Crippen LogP contribution in [0.4, 0.5) is 0 Å². The highest BCUT2D eigenvalue weighted by atomic mass is 33.1. The van der Waals surface area contributed by atoms with Gasteiger partial charge in [-0.05, 0) is 6.42 Å². The van der Waals surface area contributed by atoms with Gasteiger partial charge in [-0.25, -0.2) is 0 Å². The maximum absolute atomic E-state index is 12.2. The third-order valence-electron chi connectivity index (χ3n) is 2.09. The first kappa shape index (κ1) is 20.3. The van der Waals surface area contributed by atoms with Crippen LogP contribution in [0.3, 0.4) is 0 Å². The Balaban J connectivity index is 4.61. The molecule has 0 aliphatic rings. The van der Waals surface area contributed by atoms with Gasteiger partial charge in [-0.1, -0.05) is 63.1 Å². The standard InChI is InChI=1S/C13H26O4S3/c1-12(2,3)11(14)10(17-20(7,15)16)8-9-18-19-13(4,5)6/h10H,8-9H2,1-7H3. The first-order valence-corrected chi connectivity index (χ1v) is 10.6. The summed E-state index contributed by atoms with van der Waals surface area (Å²) in [4.78, 5) is 12.2. The van der Waals surface area contributed by atoms with Gasteiger partial charge in [0.25, 0.3) is 10.1 Å². The predicted molar refractivity (Wildman–Crippen MR) is 88.6 cm³/mol. The summed E-state index contributed by atoms with van der Waals surface area (Å²) >= 11 is 0. The fraction of sp³-hybridized carbons (Fsp3) is 0.923. The minimum atomic E-state index is -3.63. The molecule has 0 heterocycles. The summed E-state index contributed by atoms with van der Waals surface area (Å²) in [5.74, 6) is 0.494. The number of hydrogen-bond donors (Lipinski definition) is 0. The van der Waals surface area contributed by atoms with Gasteiger partial charge in [-0.15, -0.1) is 0 Å². The zero-order valence-electron chi connectivity index (χ0n) is 13.3. The zero-order valence-corrected chi connectivity index (χ0v) is 15.8. The Morgan fingerprint density at radius 1 is 1.15 bits per heavy atom. The van der Waals surface area contributed by atoms with Crippen molar-refractivity contribution in [2.75, 3.05) is 12.0 Å². The van der Waals surface area contributed by atoms with Gasteiger partial charge in [-0.3, -0.25) is 8.98 Å². The van der Waals surface area contributed by atoms with E-state index in [-0.39, 0.29) is 10.5 Å². The van der Waals surface area contributed by atoms with E-state index in [2.05, 4.69) is 20.8 Å². The van der Waals surface area contributed by atoms with E-state index in [1.807, 2.05) is 0 Å². The molecule has 1 unspecified atom stereocenters. The van der Waals surface area contributed by atoms with Gasteiger partial charge in [-0.2, -0.15) is 8.42 Å². The van der Waals surface area contributed by atoms with E-state index in [9.17, 15) is 13.2 Å². The highest BCUT2D eigenvalue weighted by Crippen LogP contribution is 2.36. The SMILES string of the molecule is CC(C)(C)SSCCC(OS(C)(=O)=O)C(=O)C(C)(C)C. The highest BCUT2D eigenvalue weighted by Gasteiger charge is 2.32. The molecule has 0 N–H and O–H groups in total. The molecule has 0 bridgehead atoms. The van der Waals surface area contributed by atoms with Gasteiger partial charge in [0.15, 0.2) is 5.78 Å². The summed E-state index contributed by atoms with van der Waals surface area (Å²) in [6.07, 6.45) is 0.488. The third kappa shape index (κ3) is 10.1. The Bertz CT molecular complexity index is 416. The van der Waals surface area contributed by atoms with Crippen molar-refractivity contribution >= 4 is 37.5 Å². The van der Waals surface area contributed by atoms with Gasteiger partial charge in [0.05, 0.1) is 6.26 Å². The van der Waals surface area contributed by atoms with Crippen LogP contribution >= 0.6 is 21.6 Å². The predicted octanol–water partition coefficient (Wildman–Crippen LogP) is 3.52. The van der Waals surface area contributed by atoms with Gasteiger partial charge < -0.3 is 0 Å². The molecule has 20 heavy (non-hydrogen) atoms. The second-order valence-electron chi connectivity index (χ2n) is 6.71. The van der Waals surface area contributed by atoms with Crippen LogP contribution in [0.15, 0.2) is 0 Å². The summed E-state index contributed by atoms with van der Waals surface area (Å²) < 4.78 is 27.6. The van der Waals surface area contributed by atoms with Crippen LogP contribution in [-0.4, -0.2) is 37.1 Å². The smallest absolute Gasteiger partial charge is 0.265 e. The minimum absolute atomic E-state index is 0.131. The molecule has 0 aromatic heterocycles. The van der Waals surface area contributed by atoms with Crippen molar-refractivity contribution in [1.29, 1.82) is 0 Å². The summed E-state index contributed by atoms with van der Waals surface area (Å²) in [6.45, 7) is 11.6. The summed E-state index contributed by atoms with van der Waals surface area (Å²) in [5.41, 5.74) is -0.614. The molecule has 1 atom stereocenters. The Kier molecular flexibility index (Phi) is 7.62. The average molecular weight is 343 g/mol. The van der Waals surface area contributed by atoms with E-state index in [1.54, 1.807) is 42.4 Å². The van der Waals surface area contributed by atoms with E-state index in [1.165, 1.54) is 0 Å². The van der Waals surface area contributed by atoms with Gasteiger partial charge in [0.2, 0.25) is 0 Å². The molecule has 0 radical (unpaired) electrons. The lowest BCUT2D eigenvalue weighted by Crippen LogP contribution is -2.36. The first-order valence-electron chi connectivity index (χ1n) is 6.45. The number of ketones is 1. The number of rotatable bonds is 7. The largest absolute Gasteiger partial charge is 0.296 e. The minimum Gasteiger partial charge on any atom is -0.296 e. The normalized spacial score (nSPS) is 15.2. The fourth-order valence-corrected chi connectivity index (χ4v) is 4.24. The van der Waals surface area contributed by atoms with E-state index in [0.29, 0.717) is 12.2 Å². The number of Topliss-reactive ketones (excluding diaryl/α,β-unsaturated/α-hetero) is 1. The van der Waals surface area contributed by atoms with Crippen molar-refractivity contribution < 1.29 is 17.4 Å². The lowest BCUT2D eigenvalue weighted by Gasteiger charge is -2.24. The monoisotopic (exact) mass is 342 g/mol. The Hall–Kier alpha value is 0.280. The van der Waals surface area contributed by atoms with Crippen LogP contribution < -0.4 is 0 Å². The van der Waals surface area contributed by atoms with Crippen molar-refractivity contribution in [3.05, 3.63) is 0 Å². The Morgan fingerprint density at radius 3 is 2.00 bits per heavy atom. The van der Waals surface area contributed by atoms with Crippen LogP contribution in [-0.2, 0) is 19.1 Å². The molecule has 0 saturated heterocycles. The molecular weight excluding hydrogens is 316 g/mol. The Labute approximate surface area is 131 Å². The molecule has 4 nitrogen and oxygen atoms in total. The lowest BCUT2D eigenvalue weighted by atomic mass is 9.87. The molecule has 0 saturated carbocycles. The maximum Gasteiger partial charge on any atom is 0.265 e. The van der Waals surface area contributed by atoms with E-state index in [0.717, 1.165) is 6.26 Å². The van der Waals surface area contributed by atoms with Crippen molar-refractivity contribution in [2.45, 2.75) is 58.8 Å². The quantitative estimate of drug-likeness (QED) is 0.401. The van der Waals surface area contributed by atoms with Crippen molar-refractivity contribution in [2.24, 2.45) is 5.41 Å². The topological polar surface area (TPSA) is 60.4 Å². The lowest BCUT2D eigenvalue weighted by molar-refractivity contribution is -0.133. The third-order valence-corrected chi connectivity index (χ3v) is 6.05. The number of hydrogen-bond acceptors (Lipinski definition) is 6. The summed E-state index contributed by atoms with van der Waals surface area (Å²) in [7, 11) is -0.286. The summed E-state index contributed by atoms with van der Waals surface area (Å²) in [6, 6.07) is 0. The molecule has 0 spiro atoms. The van der Waals surface area contributed by atoms with Crippen molar-refractivity contribution in [3.8, 4) is 0 Å². The van der Waals surface area contributed by atoms with Gasteiger partial charge in [0.1, 0.15) is 6.10 Å². The summed E-state index contributed by atoms with van der Waals surface area (Å²) in [5, 5.41) is 0. The molecular formula is C13H26O4S3. The van der Waals surface area contributed by atoms with Gasteiger partial charge >= 0.3 is 0 Å². The number of carbonyl (C=O) groups excluding carboxylic acids is 1. The first-order chi connectivity index (χ1) is 8.72. The molecule has 0 fully saturated rings. The molecule has 7 heteroatoms. The highest BCUT2D eigenvalue weighted by molar-refractivity contribution is 8.77. The second kappa shape index (κ2) is 7.51. The van der Waals surface area contributed by atoms with E-state index in [4.69, 9.17) is 4.18 Å². The van der Waals surface area contributed by atoms with Gasteiger partial charge in [0, 0.05) is 15.9 Å². The van der Waals surface area contributed by atoms with Crippen LogP contribution in [0.5, 0.6) is 0 Å². The van der Waals surface area contributed by atoms with Crippen LogP contribution in [0.1, 0.15) is 48.0 Å². The molecule has 0 aliphatic carbocycles. The van der Waals surface area contributed by atoms with Crippen molar-refractivity contribution in [3.63, 3.8) is 0 Å². The molecule has 0 aromatic rings. The Morgan fingerprint density at radius 2 is 1.65 bits per heavy atom. The average Bonchev–Trinajstić information content (AvgIpc) is 2.17. The second-order valence-corrected chi connectivity index (χ2v) is 11.6. The van der Waals surface area contributed by atoms with E-state index >= 15 is 0 Å². The molecule has 120 valence electrons. The van der Waals surface area contributed by atoms with Crippen LogP contribution in [0.2, 0.25) is 0 Å². The number of carbonyl (C=O) groups is 1. The van der Waals surface area contributed by atoms with E-state index < -0.39 is 21.6 Å². The fourth-order valence-electron chi connectivity index (χ4n) is 1.29. The molecule has 0 aliphatic heterocycles. The van der Waals surface area contributed by atoms with Crippen LogP contribution in [0, 0.1) is 5.41 Å².